The minimum atomic E-state index is 0.500. The zero-order valence-corrected chi connectivity index (χ0v) is 13.8. The molecule has 0 aliphatic carbocycles. The third-order valence-electron chi connectivity index (χ3n) is 3.88. The van der Waals surface area contributed by atoms with Crippen LogP contribution in [0.1, 0.15) is 5.76 Å². The monoisotopic (exact) mass is 324 g/mol. The Morgan fingerprint density at radius 2 is 1.42 bits per heavy atom. The molecule has 5 nitrogen and oxygen atoms in total. The van der Waals surface area contributed by atoms with Crippen LogP contribution in [0.4, 0.5) is 0 Å². The van der Waals surface area contributed by atoms with Gasteiger partial charge in [0.25, 0.3) is 0 Å². The lowest BCUT2D eigenvalue weighted by molar-refractivity contribution is 0.387. The average molecular weight is 324 g/mol. The molecule has 24 heavy (non-hydrogen) atoms. The molecule has 0 saturated carbocycles. The molecule has 5 heteroatoms. The fourth-order valence-corrected chi connectivity index (χ4v) is 2.63. The van der Waals surface area contributed by atoms with Crippen LogP contribution in [-0.4, -0.2) is 25.9 Å². The summed E-state index contributed by atoms with van der Waals surface area (Å²) in [5.74, 6) is 2.39. The summed E-state index contributed by atoms with van der Waals surface area (Å²) in [6.45, 7) is 0.500. The van der Waals surface area contributed by atoms with Gasteiger partial charge in [-0.2, -0.15) is 0 Å². The van der Waals surface area contributed by atoms with Crippen molar-refractivity contribution < 1.29 is 14.0 Å². The molecular weight excluding hydrogens is 304 g/mol. The van der Waals surface area contributed by atoms with Gasteiger partial charge < -0.3 is 19.7 Å². The zero-order chi connectivity index (χ0) is 16.9. The summed E-state index contributed by atoms with van der Waals surface area (Å²) < 4.78 is 16.0. The van der Waals surface area contributed by atoms with Gasteiger partial charge in [-0.1, -0.05) is 17.3 Å². The summed E-state index contributed by atoms with van der Waals surface area (Å²) >= 11 is 0. The van der Waals surface area contributed by atoms with Crippen LogP contribution < -0.4 is 15.2 Å². The lowest BCUT2D eigenvalue weighted by Gasteiger charge is -2.07. The highest BCUT2D eigenvalue weighted by molar-refractivity contribution is 5.82. The van der Waals surface area contributed by atoms with E-state index in [-0.39, 0.29) is 0 Å². The summed E-state index contributed by atoms with van der Waals surface area (Å²) in [6, 6.07) is 15.6. The maximum atomic E-state index is 5.71. The minimum absolute atomic E-state index is 0.500. The second kappa shape index (κ2) is 7.19. The molecular formula is C19H20N2O3. The molecule has 0 aliphatic rings. The summed E-state index contributed by atoms with van der Waals surface area (Å²) in [6.07, 6.45) is 0.629. The van der Waals surface area contributed by atoms with Crippen molar-refractivity contribution in [2.75, 3.05) is 20.8 Å². The number of aromatic nitrogens is 1. The number of benzene rings is 2. The van der Waals surface area contributed by atoms with Gasteiger partial charge in [-0.25, -0.2) is 0 Å². The first kappa shape index (κ1) is 16.1. The van der Waals surface area contributed by atoms with Gasteiger partial charge in [0.15, 0.2) is 0 Å². The SMILES string of the molecule is COc1ccc(-c2noc(CCN)c2-c2ccc(OC)cc2)cc1. The van der Waals surface area contributed by atoms with E-state index in [0.29, 0.717) is 13.0 Å². The fourth-order valence-electron chi connectivity index (χ4n) is 2.63. The zero-order valence-electron chi connectivity index (χ0n) is 13.8. The van der Waals surface area contributed by atoms with Gasteiger partial charge in [0, 0.05) is 12.0 Å². The summed E-state index contributed by atoms with van der Waals surface area (Å²) in [5.41, 5.74) is 9.46. The Balaban J connectivity index is 2.08. The van der Waals surface area contributed by atoms with Crippen LogP contribution in [-0.2, 0) is 6.42 Å². The Morgan fingerprint density at radius 1 is 0.875 bits per heavy atom. The predicted molar refractivity (Wildman–Crippen MR) is 93.2 cm³/mol. The van der Waals surface area contributed by atoms with Crippen molar-refractivity contribution in [1.82, 2.24) is 5.16 Å². The molecule has 0 aliphatic heterocycles. The average Bonchev–Trinajstić information content (AvgIpc) is 3.06. The lowest BCUT2D eigenvalue weighted by atomic mass is 9.98. The van der Waals surface area contributed by atoms with E-state index in [0.717, 1.165) is 39.6 Å². The van der Waals surface area contributed by atoms with Crippen LogP contribution in [0.25, 0.3) is 22.4 Å². The molecule has 2 aromatic carbocycles. The first-order valence-corrected chi connectivity index (χ1v) is 7.74. The highest BCUT2D eigenvalue weighted by Crippen LogP contribution is 2.36. The maximum Gasteiger partial charge on any atom is 0.146 e. The molecule has 0 amide bonds. The smallest absolute Gasteiger partial charge is 0.146 e. The van der Waals surface area contributed by atoms with Crippen molar-refractivity contribution in [2.24, 2.45) is 5.73 Å². The van der Waals surface area contributed by atoms with Gasteiger partial charge >= 0.3 is 0 Å². The molecule has 0 fully saturated rings. The van der Waals surface area contributed by atoms with Crippen LogP contribution >= 0.6 is 0 Å². The largest absolute Gasteiger partial charge is 0.497 e. The van der Waals surface area contributed by atoms with E-state index in [2.05, 4.69) is 5.16 Å². The van der Waals surface area contributed by atoms with Gasteiger partial charge in [-0.05, 0) is 48.5 Å². The third kappa shape index (κ3) is 3.12. The number of hydrogen-bond donors (Lipinski definition) is 1. The van der Waals surface area contributed by atoms with Crippen LogP contribution in [0.2, 0.25) is 0 Å². The van der Waals surface area contributed by atoms with E-state index in [4.69, 9.17) is 19.7 Å². The molecule has 0 atom stereocenters. The van der Waals surface area contributed by atoms with E-state index in [9.17, 15) is 0 Å². The van der Waals surface area contributed by atoms with Gasteiger partial charge in [0.05, 0.1) is 19.8 Å². The normalized spacial score (nSPS) is 10.6. The first-order valence-electron chi connectivity index (χ1n) is 7.74. The van der Waals surface area contributed by atoms with Crippen molar-refractivity contribution in [3.8, 4) is 33.9 Å². The van der Waals surface area contributed by atoms with Crippen molar-refractivity contribution in [3.05, 3.63) is 54.3 Å². The topological polar surface area (TPSA) is 70.5 Å². The Labute approximate surface area is 141 Å². The molecule has 0 bridgehead atoms. The third-order valence-corrected chi connectivity index (χ3v) is 3.88. The van der Waals surface area contributed by atoms with Gasteiger partial charge in [-0.15, -0.1) is 0 Å². The lowest BCUT2D eigenvalue weighted by Crippen LogP contribution is -2.02. The highest BCUT2D eigenvalue weighted by atomic mass is 16.5. The molecule has 124 valence electrons. The molecule has 0 saturated heterocycles. The number of ether oxygens (including phenoxy) is 2. The highest BCUT2D eigenvalue weighted by Gasteiger charge is 2.19. The molecule has 1 aromatic heterocycles. The van der Waals surface area contributed by atoms with Gasteiger partial charge in [0.2, 0.25) is 0 Å². The quantitative estimate of drug-likeness (QED) is 0.751. The van der Waals surface area contributed by atoms with E-state index in [1.165, 1.54) is 0 Å². The Kier molecular flexibility index (Phi) is 4.82. The van der Waals surface area contributed by atoms with E-state index < -0.39 is 0 Å². The fraction of sp³-hybridized carbons (Fsp3) is 0.211. The van der Waals surface area contributed by atoms with Gasteiger partial charge in [0.1, 0.15) is 23.0 Å². The minimum Gasteiger partial charge on any atom is -0.497 e. The Morgan fingerprint density at radius 3 is 1.92 bits per heavy atom. The first-order chi connectivity index (χ1) is 11.8. The van der Waals surface area contributed by atoms with Crippen LogP contribution in [0.15, 0.2) is 53.1 Å². The second-order valence-electron chi connectivity index (χ2n) is 5.33. The van der Waals surface area contributed by atoms with Crippen LogP contribution in [0, 0.1) is 0 Å². The van der Waals surface area contributed by atoms with Gasteiger partial charge in [-0.3, -0.25) is 0 Å². The van der Waals surface area contributed by atoms with E-state index in [1.54, 1.807) is 14.2 Å². The Bertz CT molecular complexity index is 792. The van der Waals surface area contributed by atoms with Crippen LogP contribution in [0.3, 0.4) is 0 Å². The van der Waals surface area contributed by atoms with E-state index >= 15 is 0 Å². The maximum absolute atomic E-state index is 5.71. The van der Waals surface area contributed by atoms with Crippen molar-refractivity contribution in [2.45, 2.75) is 6.42 Å². The molecule has 0 radical (unpaired) electrons. The Hall–Kier alpha value is -2.79. The standard InChI is InChI=1S/C19H20N2O3/c1-22-15-7-3-13(4-8-15)18-17(11-12-20)24-21-19(18)14-5-9-16(23-2)10-6-14/h3-10H,11-12,20H2,1-2H3. The van der Waals surface area contributed by atoms with Crippen molar-refractivity contribution in [1.29, 1.82) is 0 Å². The number of rotatable bonds is 6. The molecule has 2 N–H and O–H groups in total. The molecule has 0 spiro atoms. The number of methoxy groups -OCH3 is 2. The van der Waals surface area contributed by atoms with Crippen LogP contribution in [0.5, 0.6) is 11.5 Å². The molecule has 1 heterocycles. The van der Waals surface area contributed by atoms with Crippen molar-refractivity contribution in [3.63, 3.8) is 0 Å². The predicted octanol–water partition coefficient (Wildman–Crippen LogP) is 3.53. The summed E-state index contributed by atoms with van der Waals surface area (Å²) in [5, 5.41) is 4.28. The molecule has 3 rings (SSSR count). The molecule has 3 aromatic rings. The number of nitrogens with two attached hydrogens (primary N) is 1. The second-order valence-corrected chi connectivity index (χ2v) is 5.33. The summed E-state index contributed by atoms with van der Waals surface area (Å²) in [7, 11) is 3.30. The summed E-state index contributed by atoms with van der Waals surface area (Å²) in [4.78, 5) is 0. The number of hydrogen-bond acceptors (Lipinski definition) is 5. The van der Waals surface area contributed by atoms with Crippen molar-refractivity contribution >= 4 is 0 Å². The van der Waals surface area contributed by atoms with E-state index in [1.807, 2.05) is 48.5 Å². The number of nitrogens with zero attached hydrogens (tertiary/aromatic N) is 1. The molecule has 0 unspecified atom stereocenters.